The number of aliphatic hydroxyl groups excluding tert-OH is 1. The molecule has 27 heavy (non-hydrogen) atoms. The largest absolute Gasteiger partial charge is 0.396 e. The van der Waals surface area contributed by atoms with Crippen LogP contribution in [0.1, 0.15) is 23.2 Å². The second-order valence-electron chi connectivity index (χ2n) is 6.20. The Bertz CT molecular complexity index is 999. The summed E-state index contributed by atoms with van der Waals surface area (Å²) in [6.07, 6.45) is 1.11. The fourth-order valence-corrected chi connectivity index (χ4v) is 2.83. The van der Waals surface area contributed by atoms with Gasteiger partial charge in [-0.3, -0.25) is 9.59 Å². The molecule has 0 spiro atoms. The van der Waals surface area contributed by atoms with Crippen molar-refractivity contribution in [2.24, 2.45) is 0 Å². The van der Waals surface area contributed by atoms with Crippen molar-refractivity contribution in [1.29, 1.82) is 0 Å². The van der Waals surface area contributed by atoms with Crippen LogP contribution >= 0.6 is 11.6 Å². The van der Waals surface area contributed by atoms with Crippen molar-refractivity contribution in [3.8, 4) is 0 Å². The number of amides is 1. The molecule has 1 aromatic heterocycles. The van der Waals surface area contributed by atoms with Gasteiger partial charge < -0.3 is 14.9 Å². The van der Waals surface area contributed by atoms with E-state index in [1.807, 2.05) is 18.2 Å². The number of nitrogens with zero attached hydrogens (tertiary/aromatic N) is 1. The van der Waals surface area contributed by atoms with E-state index < -0.39 is 0 Å². The third-order valence-corrected chi connectivity index (χ3v) is 4.41. The maximum absolute atomic E-state index is 12.6. The second kappa shape index (κ2) is 8.79. The van der Waals surface area contributed by atoms with E-state index in [1.165, 1.54) is 0 Å². The number of carbonyl (C=O) groups excluding carboxylic acids is 1. The highest BCUT2D eigenvalue weighted by Gasteiger charge is 2.13. The lowest BCUT2D eigenvalue weighted by molar-refractivity contribution is -0.120. The Morgan fingerprint density at radius 2 is 1.89 bits per heavy atom. The van der Waals surface area contributed by atoms with Gasteiger partial charge in [0.15, 0.2) is 5.58 Å². The van der Waals surface area contributed by atoms with E-state index in [2.05, 4.69) is 10.5 Å². The molecule has 0 unspecified atom stereocenters. The van der Waals surface area contributed by atoms with E-state index in [1.54, 1.807) is 24.3 Å². The molecule has 7 heteroatoms. The monoisotopic (exact) mass is 386 g/mol. The molecule has 140 valence electrons. The van der Waals surface area contributed by atoms with E-state index in [-0.39, 0.29) is 30.1 Å². The van der Waals surface area contributed by atoms with Gasteiger partial charge in [-0.15, -0.1) is 0 Å². The van der Waals surface area contributed by atoms with Crippen LogP contribution in [0.2, 0.25) is 5.02 Å². The van der Waals surface area contributed by atoms with Gasteiger partial charge in [0.2, 0.25) is 11.3 Å². The van der Waals surface area contributed by atoms with Gasteiger partial charge in [0.05, 0.1) is 11.8 Å². The van der Waals surface area contributed by atoms with Crippen molar-refractivity contribution >= 4 is 28.5 Å². The lowest BCUT2D eigenvalue weighted by Gasteiger charge is -2.06. The van der Waals surface area contributed by atoms with Gasteiger partial charge in [0, 0.05) is 18.2 Å². The normalized spacial score (nSPS) is 10.9. The smallest absolute Gasteiger partial charge is 0.226 e. The predicted octanol–water partition coefficient (Wildman–Crippen LogP) is 2.63. The van der Waals surface area contributed by atoms with Gasteiger partial charge in [0.25, 0.3) is 0 Å². The molecule has 3 aromatic rings. The van der Waals surface area contributed by atoms with Gasteiger partial charge in [-0.1, -0.05) is 35.0 Å². The first kappa shape index (κ1) is 19.1. The highest BCUT2D eigenvalue weighted by molar-refractivity contribution is 6.30. The summed E-state index contributed by atoms with van der Waals surface area (Å²) in [6, 6.07) is 12.4. The van der Waals surface area contributed by atoms with Crippen LogP contribution in [0.25, 0.3) is 11.0 Å². The minimum absolute atomic E-state index is 0.0652. The summed E-state index contributed by atoms with van der Waals surface area (Å²) in [4.78, 5) is 24.8. The van der Waals surface area contributed by atoms with Gasteiger partial charge in [-0.2, -0.15) is 0 Å². The summed E-state index contributed by atoms with van der Waals surface area (Å²) in [5.74, 6) is -0.319. The molecule has 0 aliphatic rings. The molecule has 0 bridgehead atoms. The molecule has 2 aromatic carbocycles. The third kappa shape index (κ3) is 4.93. The average Bonchev–Trinajstić information content (AvgIpc) is 2.68. The molecular formula is C20H19ClN2O4. The van der Waals surface area contributed by atoms with Crippen molar-refractivity contribution < 1.29 is 14.4 Å². The number of rotatable bonds is 7. The van der Waals surface area contributed by atoms with Crippen molar-refractivity contribution in [3.05, 3.63) is 74.5 Å². The Morgan fingerprint density at radius 1 is 1.15 bits per heavy atom. The van der Waals surface area contributed by atoms with Crippen molar-refractivity contribution in [2.75, 3.05) is 6.61 Å². The van der Waals surface area contributed by atoms with Crippen LogP contribution in [0, 0.1) is 0 Å². The SMILES string of the molecule is O=C(Cc1noc2ccc(CCCO)cc2c1=O)NCc1ccc(Cl)cc1. The number of hydrogen-bond donors (Lipinski definition) is 2. The quantitative estimate of drug-likeness (QED) is 0.651. The number of aliphatic hydroxyl groups is 1. The number of nitrogens with one attached hydrogen (secondary N) is 1. The summed E-state index contributed by atoms with van der Waals surface area (Å²) < 4.78 is 5.27. The Morgan fingerprint density at radius 3 is 2.63 bits per heavy atom. The first-order chi connectivity index (χ1) is 13.1. The lowest BCUT2D eigenvalue weighted by atomic mass is 10.1. The standard InChI is InChI=1S/C20H19ClN2O4/c21-15-6-3-14(4-7-15)12-22-19(25)11-17-20(26)16-10-13(2-1-9-24)5-8-18(16)27-23-17/h3-8,10,24H,1-2,9,11-12H2,(H,22,25). The summed E-state index contributed by atoms with van der Waals surface area (Å²) in [5, 5.41) is 16.5. The minimum atomic E-state index is -0.319. The topological polar surface area (TPSA) is 92.4 Å². The lowest BCUT2D eigenvalue weighted by Crippen LogP contribution is -2.27. The number of fused-ring (bicyclic) bond motifs is 1. The highest BCUT2D eigenvalue weighted by Crippen LogP contribution is 2.14. The van der Waals surface area contributed by atoms with Crippen LogP contribution in [0.15, 0.2) is 51.8 Å². The zero-order chi connectivity index (χ0) is 19.2. The van der Waals surface area contributed by atoms with E-state index in [4.69, 9.17) is 21.2 Å². The molecule has 1 heterocycles. The fraction of sp³-hybridized carbons (Fsp3) is 0.250. The molecule has 3 rings (SSSR count). The van der Waals surface area contributed by atoms with Crippen molar-refractivity contribution in [3.63, 3.8) is 0 Å². The van der Waals surface area contributed by atoms with Crippen LogP contribution in [-0.2, 0) is 24.2 Å². The molecule has 2 N–H and O–H groups in total. The zero-order valence-electron chi connectivity index (χ0n) is 14.6. The summed E-state index contributed by atoms with van der Waals surface area (Å²) >= 11 is 5.83. The molecule has 0 saturated carbocycles. The van der Waals surface area contributed by atoms with Crippen molar-refractivity contribution in [2.45, 2.75) is 25.8 Å². The second-order valence-corrected chi connectivity index (χ2v) is 6.63. The molecule has 0 aliphatic carbocycles. The number of aromatic nitrogens is 1. The average molecular weight is 387 g/mol. The van der Waals surface area contributed by atoms with Crippen LogP contribution in [0.4, 0.5) is 0 Å². The van der Waals surface area contributed by atoms with Gasteiger partial charge in [-0.25, -0.2) is 0 Å². The molecule has 6 nitrogen and oxygen atoms in total. The molecule has 0 fully saturated rings. The van der Waals surface area contributed by atoms with Crippen LogP contribution in [0.3, 0.4) is 0 Å². The Hall–Kier alpha value is -2.70. The third-order valence-electron chi connectivity index (χ3n) is 4.16. The summed E-state index contributed by atoms with van der Waals surface area (Å²) in [6.45, 7) is 0.419. The number of carbonyl (C=O) groups is 1. The maximum atomic E-state index is 12.6. The van der Waals surface area contributed by atoms with Crippen LogP contribution < -0.4 is 10.7 Å². The molecule has 1 amide bonds. The molecular weight excluding hydrogens is 368 g/mol. The summed E-state index contributed by atoms with van der Waals surface area (Å²) in [7, 11) is 0. The Kier molecular flexibility index (Phi) is 6.21. The van der Waals surface area contributed by atoms with E-state index in [0.29, 0.717) is 35.4 Å². The number of benzene rings is 2. The Labute approximate surface area is 160 Å². The molecule has 0 radical (unpaired) electrons. The van der Waals surface area contributed by atoms with E-state index >= 15 is 0 Å². The minimum Gasteiger partial charge on any atom is -0.396 e. The predicted molar refractivity (Wildman–Crippen MR) is 103 cm³/mol. The molecule has 0 atom stereocenters. The number of halogens is 1. The Balaban J connectivity index is 1.71. The molecule has 0 saturated heterocycles. The van der Waals surface area contributed by atoms with Gasteiger partial charge in [0.1, 0.15) is 5.69 Å². The number of hydrogen-bond acceptors (Lipinski definition) is 5. The highest BCUT2D eigenvalue weighted by atomic mass is 35.5. The van der Waals surface area contributed by atoms with Gasteiger partial charge in [-0.05, 0) is 48.2 Å². The van der Waals surface area contributed by atoms with Gasteiger partial charge >= 0.3 is 0 Å². The van der Waals surface area contributed by atoms with E-state index in [0.717, 1.165) is 11.1 Å². The van der Waals surface area contributed by atoms with Crippen LogP contribution in [-0.4, -0.2) is 22.8 Å². The van der Waals surface area contributed by atoms with E-state index in [9.17, 15) is 9.59 Å². The number of aryl methyl sites for hydroxylation is 1. The van der Waals surface area contributed by atoms with Crippen LogP contribution in [0.5, 0.6) is 0 Å². The fourth-order valence-electron chi connectivity index (χ4n) is 2.70. The zero-order valence-corrected chi connectivity index (χ0v) is 15.3. The maximum Gasteiger partial charge on any atom is 0.226 e. The molecule has 0 aliphatic heterocycles. The first-order valence-corrected chi connectivity index (χ1v) is 8.98. The first-order valence-electron chi connectivity index (χ1n) is 8.60. The van der Waals surface area contributed by atoms with Crippen molar-refractivity contribution in [1.82, 2.24) is 10.5 Å². The summed E-state index contributed by atoms with van der Waals surface area (Å²) in [5.41, 5.74) is 1.95.